The second-order valence-electron chi connectivity index (χ2n) is 8.32. The summed E-state index contributed by atoms with van der Waals surface area (Å²) in [7, 11) is 1.96. The van der Waals surface area contributed by atoms with Crippen molar-refractivity contribution in [2.24, 2.45) is 11.8 Å². The van der Waals surface area contributed by atoms with Crippen LogP contribution >= 0.6 is 0 Å². The van der Waals surface area contributed by atoms with Crippen LogP contribution in [0.4, 0.5) is 0 Å². The molecule has 2 aromatic rings. The summed E-state index contributed by atoms with van der Waals surface area (Å²) < 4.78 is 11.5. The lowest BCUT2D eigenvalue weighted by molar-refractivity contribution is -0.131. The second-order valence-corrected chi connectivity index (χ2v) is 8.32. The normalized spacial score (nSPS) is 25.0. The Kier molecular flexibility index (Phi) is 5.67. The third kappa shape index (κ3) is 4.00. The van der Waals surface area contributed by atoms with Gasteiger partial charge in [-0.3, -0.25) is 4.79 Å². The van der Waals surface area contributed by atoms with E-state index in [1.54, 1.807) is 0 Å². The molecule has 1 aliphatic carbocycles. The molecule has 4 rings (SSSR count). The topological polar surface area (TPSA) is 47.6 Å². The minimum absolute atomic E-state index is 0.249. The smallest absolute Gasteiger partial charge is 0.308 e. The number of carbonyl (C=O) groups is 1. The Hall–Kier alpha value is -3.01. The van der Waals surface area contributed by atoms with E-state index < -0.39 is 0 Å². The molecule has 2 aliphatic rings. The molecule has 0 radical (unpaired) electrons. The van der Waals surface area contributed by atoms with Crippen molar-refractivity contribution in [2.45, 2.75) is 32.6 Å². The largest absolute Gasteiger partial charge is 0.492 e. The number of benzene rings is 2. The van der Waals surface area contributed by atoms with E-state index >= 15 is 0 Å². The third-order valence-corrected chi connectivity index (χ3v) is 6.18. The zero-order valence-corrected chi connectivity index (χ0v) is 18.0. The van der Waals surface area contributed by atoms with E-state index in [1.807, 2.05) is 19.2 Å². The van der Waals surface area contributed by atoms with Gasteiger partial charge in [-0.15, -0.1) is 0 Å². The number of hydrogen-bond acceptors (Lipinski definition) is 4. The van der Waals surface area contributed by atoms with Gasteiger partial charge in [0.2, 0.25) is 0 Å². The van der Waals surface area contributed by atoms with Gasteiger partial charge in [-0.2, -0.15) is 0 Å². The highest BCUT2D eigenvalue weighted by Gasteiger charge is 2.39. The zero-order valence-electron chi connectivity index (χ0n) is 18.0. The van der Waals surface area contributed by atoms with Crippen LogP contribution in [0.2, 0.25) is 0 Å². The fourth-order valence-corrected chi connectivity index (χ4v) is 4.78. The van der Waals surface area contributed by atoms with E-state index in [4.69, 9.17) is 9.47 Å². The van der Waals surface area contributed by atoms with Gasteiger partial charge in [0.1, 0.15) is 11.5 Å². The number of ether oxygens (including phenoxy) is 2. The number of likely N-dealkylation sites (N-methyl/N-ethyl adjacent to an activating group) is 1. The standard InChI is InChI=1S/C26H29NO3/c1-16-6-5-7-19(12-16)24-15-29-25-14-21(30-18(3)28)9-11-23(25)26(24)22-10-8-20(27-4)13-17(22)2/h5-14,17,22,24,26-27H,15H2,1-4H3. The Bertz CT molecular complexity index is 1010. The Morgan fingerprint density at radius 3 is 2.73 bits per heavy atom. The Morgan fingerprint density at radius 1 is 1.20 bits per heavy atom. The molecule has 0 bridgehead atoms. The van der Waals surface area contributed by atoms with E-state index in [1.165, 1.54) is 23.6 Å². The van der Waals surface area contributed by atoms with Crippen molar-refractivity contribution < 1.29 is 14.3 Å². The van der Waals surface area contributed by atoms with Gasteiger partial charge < -0.3 is 14.8 Å². The third-order valence-electron chi connectivity index (χ3n) is 6.18. The SMILES string of the molecule is CNC1=CC(C)C(C2c3ccc(OC(C)=O)cc3OCC2c2cccc(C)c2)C=C1. The van der Waals surface area contributed by atoms with Gasteiger partial charge in [-0.1, -0.05) is 55.0 Å². The molecule has 0 amide bonds. The first-order valence-electron chi connectivity index (χ1n) is 10.6. The number of rotatable bonds is 4. The van der Waals surface area contributed by atoms with E-state index in [0.29, 0.717) is 24.2 Å². The zero-order chi connectivity index (χ0) is 21.3. The molecule has 0 spiro atoms. The summed E-state index contributed by atoms with van der Waals surface area (Å²) in [5, 5.41) is 3.25. The summed E-state index contributed by atoms with van der Waals surface area (Å²) in [6, 6.07) is 14.5. The minimum atomic E-state index is -0.325. The van der Waals surface area contributed by atoms with E-state index in [-0.39, 0.29) is 17.8 Å². The number of esters is 1. The van der Waals surface area contributed by atoms with Gasteiger partial charge in [0.05, 0.1) is 6.61 Å². The molecule has 4 atom stereocenters. The van der Waals surface area contributed by atoms with E-state index in [9.17, 15) is 4.79 Å². The lowest BCUT2D eigenvalue weighted by Gasteiger charge is -2.40. The predicted molar refractivity (Wildman–Crippen MR) is 119 cm³/mol. The number of aryl methyl sites for hydroxylation is 1. The number of nitrogens with one attached hydrogen (secondary N) is 1. The maximum Gasteiger partial charge on any atom is 0.308 e. The maximum absolute atomic E-state index is 11.4. The van der Waals surface area contributed by atoms with Crippen molar-refractivity contribution in [3.63, 3.8) is 0 Å². The fraction of sp³-hybridized carbons (Fsp3) is 0.346. The first-order chi connectivity index (χ1) is 14.5. The molecular formula is C26H29NO3. The van der Waals surface area contributed by atoms with Crippen LogP contribution in [0.25, 0.3) is 0 Å². The number of hydrogen-bond donors (Lipinski definition) is 1. The second kappa shape index (κ2) is 8.39. The molecular weight excluding hydrogens is 374 g/mol. The molecule has 156 valence electrons. The van der Waals surface area contributed by atoms with E-state index in [2.05, 4.69) is 67.7 Å². The number of carbonyl (C=O) groups excluding carboxylic acids is 1. The molecule has 4 unspecified atom stereocenters. The maximum atomic E-state index is 11.4. The van der Waals surface area contributed by atoms with Crippen LogP contribution in [-0.4, -0.2) is 19.6 Å². The Labute approximate surface area is 178 Å². The molecule has 1 heterocycles. The van der Waals surface area contributed by atoms with Crippen molar-refractivity contribution in [3.05, 3.63) is 83.1 Å². The molecule has 0 saturated heterocycles. The minimum Gasteiger partial charge on any atom is -0.492 e. The summed E-state index contributed by atoms with van der Waals surface area (Å²) in [4.78, 5) is 11.4. The van der Waals surface area contributed by atoms with Gasteiger partial charge in [-0.25, -0.2) is 0 Å². The molecule has 0 fully saturated rings. The number of fused-ring (bicyclic) bond motifs is 1. The van der Waals surface area contributed by atoms with Crippen molar-refractivity contribution in [1.82, 2.24) is 5.32 Å². The van der Waals surface area contributed by atoms with Crippen LogP contribution in [0.1, 0.15) is 42.4 Å². The lowest BCUT2D eigenvalue weighted by atomic mass is 9.67. The molecule has 30 heavy (non-hydrogen) atoms. The summed E-state index contributed by atoms with van der Waals surface area (Å²) in [6.07, 6.45) is 6.82. The Balaban J connectivity index is 1.77. The van der Waals surface area contributed by atoms with Crippen LogP contribution in [0, 0.1) is 18.8 Å². The first-order valence-corrected chi connectivity index (χ1v) is 10.6. The van der Waals surface area contributed by atoms with Gasteiger partial charge in [0.25, 0.3) is 0 Å². The van der Waals surface area contributed by atoms with Crippen LogP contribution < -0.4 is 14.8 Å². The summed E-state index contributed by atoms with van der Waals surface area (Å²) >= 11 is 0. The highest BCUT2D eigenvalue weighted by molar-refractivity contribution is 5.69. The molecule has 4 nitrogen and oxygen atoms in total. The molecule has 2 aromatic carbocycles. The number of allylic oxidation sites excluding steroid dienone is 3. The molecule has 4 heteroatoms. The molecule has 0 aromatic heterocycles. The monoisotopic (exact) mass is 403 g/mol. The molecule has 1 aliphatic heterocycles. The van der Waals surface area contributed by atoms with E-state index in [0.717, 1.165) is 11.4 Å². The van der Waals surface area contributed by atoms with Crippen LogP contribution in [0.5, 0.6) is 11.5 Å². The van der Waals surface area contributed by atoms with Crippen LogP contribution in [-0.2, 0) is 4.79 Å². The lowest BCUT2D eigenvalue weighted by Crippen LogP contribution is -2.32. The van der Waals surface area contributed by atoms with Crippen molar-refractivity contribution in [1.29, 1.82) is 0 Å². The average Bonchev–Trinajstić information content (AvgIpc) is 2.72. The Morgan fingerprint density at radius 2 is 2.03 bits per heavy atom. The average molecular weight is 404 g/mol. The summed E-state index contributed by atoms with van der Waals surface area (Å²) in [6.45, 7) is 6.43. The van der Waals surface area contributed by atoms with Gasteiger partial charge in [0, 0.05) is 37.6 Å². The van der Waals surface area contributed by atoms with Gasteiger partial charge in [0.15, 0.2) is 0 Å². The highest BCUT2D eigenvalue weighted by atomic mass is 16.5. The quantitative estimate of drug-likeness (QED) is 0.570. The first kappa shape index (κ1) is 20.3. The summed E-state index contributed by atoms with van der Waals surface area (Å²) in [5.41, 5.74) is 4.89. The fourth-order valence-electron chi connectivity index (χ4n) is 4.78. The van der Waals surface area contributed by atoms with Crippen molar-refractivity contribution in [3.8, 4) is 11.5 Å². The van der Waals surface area contributed by atoms with Gasteiger partial charge in [-0.05, 0) is 42.0 Å². The van der Waals surface area contributed by atoms with Gasteiger partial charge >= 0.3 is 5.97 Å². The van der Waals surface area contributed by atoms with Crippen LogP contribution in [0.3, 0.4) is 0 Å². The summed E-state index contributed by atoms with van der Waals surface area (Å²) in [5.74, 6) is 2.25. The highest BCUT2D eigenvalue weighted by Crippen LogP contribution is 2.50. The molecule has 0 saturated carbocycles. The van der Waals surface area contributed by atoms with Crippen molar-refractivity contribution >= 4 is 5.97 Å². The van der Waals surface area contributed by atoms with Crippen molar-refractivity contribution in [2.75, 3.05) is 13.7 Å². The van der Waals surface area contributed by atoms with Crippen LogP contribution in [0.15, 0.2) is 66.4 Å². The predicted octanol–water partition coefficient (Wildman–Crippen LogP) is 5.11. The molecule has 1 N–H and O–H groups in total.